The van der Waals surface area contributed by atoms with Crippen LogP contribution in [0.25, 0.3) is 0 Å². The van der Waals surface area contributed by atoms with Crippen molar-refractivity contribution in [2.45, 2.75) is 118 Å². The molecule has 2 heterocycles. The Morgan fingerprint density at radius 2 is 1.52 bits per heavy atom. The van der Waals surface area contributed by atoms with Gasteiger partial charge in [-0.15, -0.1) is 0 Å². The van der Waals surface area contributed by atoms with E-state index in [-0.39, 0.29) is 28.0 Å². The van der Waals surface area contributed by atoms with Crippen LogP contribution in [0.2, 0.25) is 0 Å². The summed E-state index contributed by atoms with van der Waals surface area (Å²) in [4.78, 5) is 8.85. The summed E-state index contributed by atoms with van der Waals surface area (Å²) in [6.07, 6.45) is 6.67. The number of nitrogens with zero attached hydrogens (tertiary/aromatic N) is 2. The molecule has 0 radical (unpaired) electrons. The van der Waals surface area contributed by atoms with E-state index in [1.807, 2.05) is 18.3 Å². The zero-order valence-electron chi connectivity index (χ0n) is 27.1. The van der Waals surface area contributed by atoms with Gasteiger partial charge in [-0.05, 0) is 95.9 Å². The van der Waals surface area contributed by atoms with Gasteiger partial charge in [0.05, 0.1) is 18.9 Å². The van der Waals surface area contributed by atoms with E-state index in [1.165, 1.54) is 5.56 Å². The monoisotopic (exact) mass is 556 g/mol. The van der Waals surface area contributed by atoms with Gasteiger partial charge >= 0.3 is 0 Å². The second-order valence-corrected chi connectivity index (χ2v) is 14.5. The van der Waals surface area contributed by atoms with E-state index in [1.54, 1.807) is 6.20 Å². The molecule has 0 spiro atoms. The topological polar surface area (TPSA) is 77.5 Å². The second kappa shape index (κ2) is 14.5. The molecular weight excluding hydrogens is 500 g/mol. The molecule has 0 saturated heterocycles. The van der Waals surface area contributed by atoms with Crippen LogP contribution in [0.4, 0.5) is 0 Å². The van der Waals surface area contributed by atoms with Crippen molar-refractivity contribution >= 4 is 0 Å². The first-order valence-electron chi connectivity index (χ1n) is 14.8. The van der Waals surface area contributed by atoms with Gasteiger partial charge in [-0.2, -0.15) is 0 Å². The van der Waals surface area contributed by atoms with Gasteiger partial charge in [0.1, 0.15) is 12.4 Å². The molecule has 0 fully saturated rings. The molecule has 0 bridgehead atoms. The van der Waals surface area contributed by atoms with Crippen LogP contribution in [0.1, 0.15) is 101 Å². The van der Waals surface area contributed by atoms with Crippen LogP contribution in [-0.2, 0) is 5.41 Å². The van der Waals surface area contributed by atoms with Crippen molar-refractivity contribution in [1.29, 1.82) is 0 Å². The minimum absolute atomic E-state index is 0.00570. The SMILES string of the molecule is CC(CCNC(C)(C)C)Oc1cc(C(C)(C)CCC(C)(C)NCCOc2ccc(OCC(C)(C)C)cn2)ccn1. The highest BCUT2D eigenvalue weighted by Gasteiger charge is 2.26. The average Bonchev–Trinajstić information content (AvgIpc) is 2.84. The van der Waals surface area contributed by atoms with Crippen molar-refractivity contribution in [2.24, 2.45) is 5.41 Å². The van der Waals surface area contributed by atoms with E-state index >= 15 is 0 Å². The molecule has 2 aromatic rings. The van der Waals surface area contributed by atoms with Crippen LogP contribution in [0.3, 0.4) is 0 Å². The number of hydrogen-bond donors (Lipinski definition) is 2. The first-order valence-corrected chi connectivity index (χ1v) is 14.8. The molecule has 7 heteroatoms. The summed E-state index contributed by atoms with van der Waals surface area (Å²) in [7, 11) is 0. The quantitative estimate of drug-likeness (QED) is 0.217. The van der Waals surface area contributed by atoms with Crippen LogP contribution in [-0.4, -0.2) is 53.5 Å². The number of pyridine rings is 2. The summed E-state index contributed by atoms with van der Waals surface area (Å²) in [5.74, 6) is 2.07. The van der Waals surface area contributed by atoms with E-state index in [2.05, 4.69) is 109 Å². The highest BCUT2D eigenvalue weighted by Crippen LogP contribution is 2.32. The Balaban J connectivity index is 1.77. The zero-order valence-corrected chi connectivity index (χ0v) is 27.1. The first kappa shape index (κ1) is 33.8. The molecule has 0 amide bonds. The molecule has 1 unspecified atom stereocenters. The molecule has 0 aliphatic rings. The summed E-state index contributed by atoms with van der Waals surface area (Å²) in [5, 5.41) is 7.17. The fourth-order valence-corrected chi connectivity index (χ4v) is 4.05. The lowest BCUT2D eigenvalue weighted by molar-refractivity contribution is 0.196. The van der Waals surface area contributed by atoms with E-state index in [0.29, 0.717) is 25.0 Å². The number of nitrogens with one attached hydrogen (secondary N) is 2. The van der Waals surface area contributed by atoms with Crippen LogP contribution in [0.15, 0.2) is 36.7 Å². The highest BCUT2D eigenvalue weighted by atomic mass is 16.5. The fraction of sp³-hybridized carbons (Fsp3) is 0.697. The molecule has 0 aliphatic heterocycles. The smallest absolute Gasteiger partial charge is 0.213 e. The molecule has 1 atom stereocenters. The van der Waals surface area contributed by atoms with Gasteiger partial charge in [0.25, 0.3) is 0 Å². The minimum atomic E-state index is -0.0281. The Hall–Kier alpha value is -2.38. The van der Waals surface area contributed by atoms with Gasteiger partial charge < -0.3 is 24.8 Å². The lowest BCUT2D eigenvalue weighted by Gasteiger charge is -2.32. The van der Waals surface area contributed by atoms with Gasteiger partial charge in [0.2, 0.25) is 11.8 Å². The van der Waals surface area contributed by atoms with Crippen LogP contribution in [0.5, 0.6) is 17.5 Å². The van der Waals surface area contributed by atoms with Crippen molar-refractivity contribution in [3.8, 4) is 17.5 Å². The summed E-state index contributed by atoms with van der Waals surface area (Å²) in [6.45, 7) is 27.0. The summed E-state index contributed by atoms with van der Waals surface area (Å²) >= 11 is 0. The van der Waals surface area contributed by atoms with Gasteiger partial charge in [0.15, 0.2) is 0 Å². The number of rotatable bonds is 16. The maximum Gasteiger partial charge on any atom is 0.213 e. The highest BCUT2D eigenvalue weighted by molar-refractivity contribution is 5.27. The molecule has 2 aromatic heterocycles. The van der Waals surface area contributed by atoms with E-state index in [9.17, 15) is 0 Å². The van der Waals surface area contributed by atoms with Crippen molar-refractivity contribution in [1.82, 2.24) is 20.6 Å². The van der Waals surface area contributed by atoms with Crippen LogP contribution >= 0.6 is 0 Å². The van der Waals surface area contributed by atoms with E-state index < -0.39 is 0 Å². The number of aromatic nitrogens is 2. The second-order valence-electron chi connectivity index (χ2n) is 14.5. The van der Waals surface area contributed by atoms with Gasteiger partial charge in [0, 0.05) is 36.0 Å². The Bertz CT molecular complexity index is 1010. The third-order valence-electron chi connectivity index (χ3n) is 6.76. The van der Waals surface area contributed by atoms with Crippen molar-refractivity contribution in [2.75, 3.05) is 26.3 Å². The van der Waals surface area contributed by atoms with Gasteiger partial charge in [-0.3, -0.25) is 0 Å². The predicted molar refractivity (Wildman–Crippen MR) is 166 cm³/mol. The van der Waals surface area contributed by atoms with Crippen LogP contribution < -0.4 is 24.8 Å². The largest absolute Gasteiger partial charge is 0.491 e. The summed E-state index contributed by atoms with van der Waals surface area (Å²) < 4.78 is 17.8. The third-order valence-corrected chi connectivity index (χ3v) is 6.76. The number of ether oxygens (including phenoxy) is 3. The molecule has 2 rings (SSSR count). The molecular formula is C33H56N4O3. The Morgan fingerprint density at radius 1 is 0.800 bits per heavy atom. The molecule has 0 aromatic carbocycles. The van der Waals surface area contributed by atoms with Crippen molar-refractivity contribution in [3.05, 3.63) is 42.2 Å². The molecule has 0 saturated carbocycles. The maximum atomic E-state index is 6.15. The lowest BCUT2D eigenvalue weighted by atomic mass is 9.78. The Kier molecular flexibility index (Phi) is 12.3. The van der Waals surface area contributed by atoms with Crippen LogP contribution in [0, 0.1) is 5.41 Å². The minimum Gasteiger partial charge on any atom is -0.491 e. The third kappa shape index (κ3) is 13.8. The Morgan fingerprint density at radius 3 is 2.15 bits per heavy atom. The standard InChI is InChI=1S/C33H56N4O3/c1-25(14-19-36-31(5,6)7)40-29-22-26(15-18-34-29)32(8,9)16-17-33(10,11)37-20-21-38-28-13-12-27(23-35-28)39-24-30(2,3)4/h12-13,15,18,22-23,25,36-37H,14,16-17,19-21,24H2,1-11H3. The predicted octanol–water partition coefficient (Wildman–Crippen LogP) is 6.95. The van der Waals surface area contributed by atoms with Crippen molar-refractivity contribution < 1.29 is 14.2 Å². The molecule has 7 nitrogen and oxygen atoms in total. The lowest BCUT2D eigenvalue weighted by Crippen LogP contribution is -2.42. The average molecular weight is 557 g/mol. The maximum absolute atomic E-state index is 6.15. The van der Waals surface area contributed by atoms with E-state index in [4.69, 9.17) is 14.2 Å². The fourth-order valence-electron chi connectivity index (χ4n) is 4.05. The normalized spacial score (nSPS) is 13.7. The van der Waals surface area contributed by atoms with Gasteiger partial charge in [-0.1, -0.05) is 34.6 Å². The van der Waals surface area contributed by atoms with E-state index in [0.717, 1.165) is 38.1 Å². The molecule has 40 heavy (non-hydrogen) atoms. The Labute approximate surface area is 244 Å². The summed E-state index contributed by atoms with van der Waals surface area (Å²) in [6, 6.07) is 7.99. The van der Waals surface area contributed by atoms with Crippen molar-refractivity contribution in [3.63, 3.8) is 0 Å². The molecule has 226 valence electrons. The number of hydrogen-bond acceptors (Lipinski definition) is 7. The van der Waals surface area contributed by atoms with Gasteiger partial charge in [-0.25, -0.2) is 9.97 Å². The first-order chi connectivity index (χ1) is 18.4. The molecule has 2 N–H and O–H groups in total. The summed E-state index contributed by atoms with van der Waals surface area (Å²) in [5.41, 5.74) is 1.44. The molecule has 0 aliphatic carbocycles. The zero-order chi connectivity index (χ0) is 30.0.